The summed E-state index contributed by atoms with van der Waals surface area (Å²) >= 11 is 0. The van der Waals surface area contributed by atoms with E-state index in [0.717, 1.165) is 4.57 Å². The molecule has 2 aromatic carbocycles. The zero-order valence-electron chi connectivity index (χ0n) is 30.4. The molecule has 1 saturated carbocycles. The summed E-state index contributed by atoms with van der Waals surface area (Å²) < 4.78 is 21.3. The molecule has 52 heavy (non-hydrogen) atoms. The number of phenols is 1. The summed E-state index contributed by atoms with van der Waals surface area (Å²) in [6.07, 6.45) is 1.88. The molecule has 14 heteroatoms. The molecule has 0 spiro atoms. The van der Waals surface area contributed by atoms with Crippen LogP contribution in [-0.2, 0) is 36.1 Å². The Labute approximate surface area is 298 Å². The molecule has 0 bridgehead atoms. The number of carbonyl (C=O) groups is 2. The van der Waals surface area contributed by atoms with Crippen LogP contribution in [-0.4, -0.2) is 61.5 Å². The quantitative estimate of drug-likeness (QED) is 0.282. The predicted molar refractivity (Wildman–Crippen MR) is 190 cm³/mol. The predicted octanol–water partition coefficient (Wildman–Crippen LogP) is 3.20. The molecular formula is C38H41N5O9. The van der Waals surface area contributed by atoms with Crippen molar-refractivity contribution in [3.8, 4) is 23.0 Å². The minimum absolute atomic E-state index is 0.0146. The SMILES string of the molecule is COc1ccc([C@H]2C3=CCn4c(=O)n(CCc5nc6cc(OC)c(OC)cc6n(C)c5=O)c(=O)n4[C@@H]3C[C@@]3(C)C(=O)C(C)=C(C)C(=O)[C@@]23C)c(O)c1. The van der Waals surface area contributed by atoms with Gasteiger partial charge in [0.1, 0.15) is 17.2 Å². The lowest BCUT2D eigenvalue weighted by Gasteiger charge is -2.58. The Balaban J connectivity index is 1.34. The molecule has 14 nitrogen and oxygen atoms in total. The van der Waals surface area contributed by atoms with E-state index in [-0.39, 0.29) is 54.5 Å². The third-order valence-electron chi connectivity index (χ3n) is 12.0. The average Bonchev–Trinajstić information content (AvgIpc) is 3.38. The fraction of sp³-hybridized carbons (Fsp3) is 0.421. The molecule has 0 unspecified atom stereocenters. The molecule has 3 heterocycles. The summed E-state index contributed by atoms with van der Waals surface area (Å²) in [5.41, 5.74) is -1.28. The Hall–Kier alpha value is -5.66. The number of allylic oxidation sites excluding steroid dienone is 4. The Morgan fingerprint density at radius 2 is 1.58 bits per heavy atom. The number of methoxy groups -OCH3 is 3. The number of hydrogen-bond acceptors (Lipinski definition) is 10. The van der Waals surface area contributed by atoms with Crippen LogP contribution >= 0.6 is 0 Å². The second-order valence-corrected chi connectivity index (χ2v) is 14.2. The van der Waals surface area contributed by atoms with Crippen molar-refractivity contribution in [3.05, 3.63) is 95.7 Å². The highest BCUT2D eigenvalue weighted by molar-refractivity contribution is 6.17. The van der Waals surface area contributed by atoms with Crippen molar-refractivity contribution in [2.24, 2.45) is 17.9 Å². The average molecular weight is 712 g/mol. The van der Waals surface area contributed by atoms with E-state index in [2.05, 4.69) is 4.98 Å². The van der Waals surface area contributed by atoms with Crippen LogP contribution in [0.3, 0.4) is 0 Å². The standard InChI is InChI=1S/C38H41N5O9/c1-19-20(2)33(46)38(4)31(23-10-9-21(50-6)15-28(23)44)22-11-14-42-35(48)41(36(49)43(42)27(22)18-37(38,3)32(19)45)13-12-24-34(47)40(5)26-17-30(52-8)29(51-7)16-25(26)39-24/h9-11,15-17,27,31,44H,12-14,18H2,1-8H3/t27-,31-,37+,38-/m1/s1. The number of aromatic nitrogens is 5. The Kier molecular flexibility index (Phi) is 8.00. The number of aromatic hydroxyl groups is 1. The van der Waals surface area contributed by atoms with Crippen LogP contribution in [0.5, 0.6) is 23.0 Å². The van der Waals surface area contributed by atoms with Gasteiger partial charge in [-0.15, -0.1) is 0 Å². The van der Waals surface area contributed by atoms with E-state index >= 15 is 0 Å². The molecule has 7 rings (SSSR count). The van der Waals surface area contributed by atoms with Gasteiger partial charge >= 0.3 is 11.4 Å². The number of hydrogen-bond donors (Lipinski definition) is 1. The van der Waals surface area contributed by atoms with Gasteiger partial charge in [-0.2, -0.15) is 0 Å². The van der Waals surface area contributed by atoms with Crippen molar-refractivity contribution in [1.82, 2.24) is 23.5 Å². The second kappa shape index (κ2) is 12.0. The molecule has 2 aliphatic carbocycles. The van der Waals surface area contributed by atoms with Crippen molar-refractivity contribution < 1.29 is 28.9 Å². The molecule has 1 aliphatic heterocycles. The van der Waals surface area contributed by atoms with Crippen LogP contribution < -0.4 is 31.1 Å². The highest BCUT2D eigenvalue weighted by Crippen LogP contribution is 2.66. The number of fused-ring (bicyclic) bond motifs is 5. The monoisotopic (exact) mass is 711 g/mol. The van der Waals surface area contributed by atoms with Crippen LogP contribution in [0.1, 0.15) is 57.3 Å². The van der Waals surface area contributed by atoms with Crippen molar-refractivity contribution in [2.45, 2.75) is 65.6 Å². The van der Waals surface area contributed by atoms with Crippen LogP contribution in [0, 0.1) is 10.8 Å². The minimum atomic E-state index is -1.33. The second-order valence-electron chi connectivity index (χ2n) is 14.2. The third kappa shape index (κ3) is 4.55. The summed E-state index contributed by atoms with van der Waals surface area (Å²) in [7, 11) is 6.08. The summed E-state index contributed by atoms with van der Waals surface area (Å²) in [6, 6.07) is 7.35. The van der Waals surface area contributed by atoms with Crippen molar-refractivity contribution in [1.29, 1.82) is 0 Å². The first-order chi connectivity index (χ1) is 24.6. The number of benzene rings is 2. The van der Waals surface area contributed by atoms with Crippen molar-refractivity contribution >= 4 is 22.6 Å². The molecule has 4 aromatic rings. The van der Waals surface area contributed by atoms with Crippen molar-refractivity contribution in [2.75, 3.05) is 21.3 Å². The highest BCUT2D eigenvalue weighted by atomic mass is 16.5. The molecule has 272 valence electrons. The van der Waals surface area contributed by atoms with Crippen LogP contribution in [0.4, 0.5) is 0 Å². The van der Waals surface area contributed by atoms with E-state index in [4.69, 9.17) is 14.2 Å². The third-order valence-corrected chi connectivity index (χ3v) is 12.0. The fourth-order valence-corrected chi connectivity index (χ4v) is 8.77. The van der Waals surface area contributed by atoms with Gasteiger partial charge < -0.3 is 23.9 Å². The van der Waals surface area contributed by atoms with Gasteiger partial charge in [0.15, 0.2) is 23.1 Å². The van der Waals surface area contributed by atoms with E-state index in [9.17, 15) is 29.1 Å². The molecule has 1 N–H and O–H groups in total. The first-order valence-corrected chi connectivity index (χ1v) is 17.0. The Bertz CT molecular complexity index is 2480. The molecule has 2 aromatic heterocycles. The van der Waals surface area contributed by atoms with Gasteiger partial charge in [-0.05, 0) is 43.1 Å². The summed E-state index contributed by atoms with van der Waals surface area (Å²) in [5.74, 6) is -0.0818. The van der Waals surface area contributed by atoms with Crippen molar-refractivity contribution in [3.63, 3.8) is 0 Å². The number of ketones is 2. The zero-order valence-corrected chi connectivity index (χ0v) is 30.4. The maximum atomic E-state index is 14.4. The summed E-state index contributed by atoms with van der Waals surface area (Å²) in [5, 5.41) is 11.4. The maximum absolute atomic E-state index is 14.4. The van der Waals surface area contributed by atoms with E-state index in [1.54, 1.807) is 59.0 Å². The molecule has 4 atom stereocenters. The van der Waals surface area contributed by atoms with Crippen LogP contribution in [0.25, 0.3) is 11.0 Å². The minimum Gasteiger partial charge on any atom is -0.508 e. The van der Waals surface area contributed by atoms with Gasteiger partial charge in [-0.25, -0.2) is 28.5 Å². The number of rotatable bonds is 7. The number of carbonyl (C=O) groups excluding carboxylic acids is 2. The lowest BCUT2D eigenvalue weighted by molar-refractivity contribution is -0.151. The maximum Gasteiger partial charge on any atom is 0.347 e. The number of ether oxygens (including phenoxy) is 3. The van der Waals surface area contributed by atoms with Crippen LogP contribution in [0.15, 0.2) is 67.5 Å². The molecular weight excluding hydrogens is 670 g/mol. The van der Waals surface area contributed by atoms with Gasteiger partial charge in [-0.1, -0.05) is 26.0 Å². The first kappa shape index (κ1) is 34.8. The van der Waals surface area contributed by atoms with Gasteiger partial charge in [0.05, 0.1) is 50.4 Å². The normalized spacial score (nSPS) is 24.0. The highest BCUT2D eigenvalue weighted by Gasteiger charge is 2.67. The van der Waals surface area contributed by atoms with Gasteiger partial charge in [-0.3, -0.25) is 14.4 Å². The van der Waals surface area contributed by atoms with E-state index < -0.39 is 34.2 Å². The molecule has 3 aliphatic rings. The van der Waals surface area contributed by atoms with E-state index in [1.807, 2.05) is 6.08 Å². The number of aryl methyl sites for hydroxylation is 2. The lowest BCUT2D eigenvalue weighted by atomic mass is 9.43. The topological polar surface area (TPSA) is 166 Å². The Morgan fingerprint density at radius 3 is 2.23 bits per heavy atom. The molecule has 0 saturated heterocycles. The molecule has 1 fully saturated rings. The number of phenolic OH excluding ortho intramolecular Hbond substituents is 1. The lowest BCUT2D eigenvalue weighted by Crippen LogP contribution is -2.61. The van der Waals surface area contributed by atoms with Gasteiger partial charge in [0, 0.05) is 55.1 Å². The largest absolute Gasteiger partial charge is 0.508 e. The molecule has 0 radical (unpaired) electrons. The van der Waals surface area contributed by atoms with Crippen LogP contribution in [0.2, 0.25) is 0 Å². The summed E-state index contributed by atoms with van der Waals surface area (Å²) in [4.78, 5) is 75.0. The summed E-state index contributed by atoms with van der Waals surface area (Å²) in [6.45, 7) is 6.69. The zero-order chi connectivity index (χ0) is 37.6. The fourth-order valence-electron chi connectivity index (χ4n) is 8.77. The van der Waals surface area contributed by atoms with E-state index in [1.165, 1.54) is 41.3 Å². The Morgan fingerprint density at radius 1 is 0.904 bits per heavy atom. The number of nitrogens with zero attached hydrogens (tertiary/aromatic N) is 5. The van der Waals surface area contributed by atoms with Gasteiger partial charge in [0.25, 0.3) is 5.56 Å². The van der Waals surface area contributed by atoms with Gasteiger partial charge in [0.2, 0.25) is 0 Å². The first-order valence-electron chi connectivity index (χ1n) is 17.0. The molecule has 0 amide bonds. The number of Topliss-reactive ketones (excluding diaryl/α,β-unsaturated/α-hetero) is 2. The van der Waals surface area contributed by atoms with E-state index in [0.29, 0.717) is 50.6 Å². The smallest absolute Gasteiger partial charge is 0.347 e.